The summed E-state index contributed by atoms with van der Waals surface area (Å²) in [7, 11) is 2.83. The number of carbonyl (C=O) groups excluding carboxylic acids is 1. The molecule has 0 aromatic carbocycles. The number of unbranched alkanes of at least 4 members (excludes halogenated alkanes) is 15. The fourth-order valence-electron chi connectivity index (χ4n) is 3.87. The van der Waals surface area contributed by atoms with Crippen molar-refractivity contribution in [1.29, 1.82) is 0 Å². The van der Waals surface area contributed by atoms with Crippen molar-refractivity contribution in [1.82, 2.24) is 10.2 Å². The lowest BCUT2D eigenvalue weighted by molar-refractivity contribution is -0.870. The summed E-state index contributed by atoms with van der Waals surface area (Å²) in [6, 6.07) is -0.0833. The minimum absolute atomic E-state index is 0.0147. The van der Waals surface area contributed by atoms with Gasteiger partial charge in [-0.2, -0.15) is 0 Å². The largest absolute Gasteiger partial charge is 0.756 e. The number of aliphatic hydroxyl groups is 1. The number of aliphatic hydroxyl groups excluding tert-OH is 1. The quantitative estimate of drug-likeness (QED) is 0.0925. The van der Waals surface area contributed by atoms with E-state index >= 15 is 0 Å². The van der Waals surface area contributed by atoms with E-state index in [9.17, 15) is 14.3 Å². The highest BCUT2D eigenvalue weighted by Gasteiger charge is 2.10. The highest BCUT2D eigenvalue weighted by Crippen LogP contribution is 2.29. The number of phosphoric acid groups is 1. The average molecular weight is 554 g/mol. The topological polar surface area (TPSA) is 122 Å². The van der Waals surface area contributed by atoms with Crippen molar-refractivity contribution >= 4 is 13.9 Å². The smallest absolute Gasteiger partial charge is 0.317 e. The molecule has 3 N–H and O–H groups in total. The summed E-state index contributed by atoms with van der Waals surface area (Å²) in [6.07, 6.45) is 21.7. The van der Waals surface area contributed by atoms with Crippen LogP contribution in [0.3, 0.4) is 0 Å². The van der Waals surface area contributed by atoms with Crippen LogP contribution >= 0.6 is 7.82 Å². The molecule has 10 heteroatoms. The number of hydrogen-bond acceptors (Lipinski definition) is 5. The zero-order valence-corrected chi connectivity index (χ0v) is 25.6. The van der Waals surface area contributed by atoms with Crippen LogP contribution < -0.4 is 10.2 Å². The summed E-state index contributed by atoms with van der Waals surface area (Å²) in [5.41, 5.74) is 0. The number of amides is 2. The molecule has 9 nitrogen and oxygen atoms in total. The third-order valence-corrected chi connectivity index (χ3v) is 6.68. The molecule has 0 fully saturated rings. The SMILES string of the molecule is CCCCCCCCCCCCCCCCCCN(CCO)C(=O)NC.C[N+](C)(C)CCOP(=O)([O-])O. The van der Waals surface area contributed by atoms with E-state index in [1.54, 1.807) is 11.9 Å². The van der Waals surface area contributed by atoms with Gasteiger partial charge in [0.25, 0.3) is 7.82 Å². The van der Waals surface area contributed by atoms with Gasteiger partial charge in [0.2, 0.25) is 0 Å². The number of hydrogen-bond donors (Lipinski definition) is 3. The average Bonchev–Trinajstić information content (AvgIpc) is 2.81. The van der Waals surface area contributed by atoms with Gasteiger partial charge in [0.05, 0.1) is 27.7 Å². The van der Waals surface area contributed by atoms with Crippen LogP contribution in [0.15, 0.2) is 0 Å². The predicted octanol–water partition coefficient (Wildman–Crippen LogP) is 5.05. The van der Waals surface area contributed by atoms with Crippen molar-refractivity contribution in [3.63, 3.8) is 0 Å². The van der Waals surface area contributed by atoms with E-state index in [4.69, 9.17) is 10.00 Å². The number of nitrogens with one attached hydrogen (secondary N) is 1. The summed E-state index contributed by atoms with van der Waals surface area (Å²) in [5.74, 6) is 0. The van der Waals surface area contributed by atoms with E-state index in [1.807, 2.05) is 21.1 Å². The van der Waals surface area contributed by atoms with Crippen LogP contribution in [0.25, 0.3) is 0 Å². The van der Waals surface area contributed by atoms with Gasteiger partial charge in [0.1, 0.15) is 13.2 Å². The molecule has 2 amide bonds. The first-order valence-corrected chi connectivity index (χ1v) is 16.0. The molecule has 0 aliphatic carbocycles. The number of phosphoric ester groups is 1. The van der Waals surface area contributed by atoms with Crippen LogP contribution in [0.2, 0.25) is 0 Å². The summed E-state index contributed by atoms with van der Waals surface area (Å²) in [6.45, 7) is 4.04. The lowest BCUT2D eigenvalue weighted by atomic mass is 10.0. The highest BCUT2D eigenvalue weighted by molar-refractivity contribution is 7.44. The molecule has 1 unspecified atom stereocenters. The zero-order chi connectivity index (χ0) is 28.4. The molecular formula is C27H60N3O6P. The van der Waals surface area contributed by atoms with Crippen LogP contribution in [0.1, 0.15) is 110 Å². The van der Waals surface area contributed by atoms with E-state index < -0.39 is 7.82 Å². The molecule has 0 saturated carbocycles. The molecule has 0 rings (SSSR count). The van der Waals surface area contributed by atoms with E-state index in [-0.39, 0.29) is 19.2 Å². The maximum Gasteiger partial charge on any atom is 0.317 e. The molecular weight excluding hydrogens is 493 g/mol. The van der Waals surface area contributed by atoms with Crippen molar-refractivity contribution in [3.05, 3.63) is 0 Å². The minimum atomic E-state index is -4.51. The van der Waals surface area contributed by atoms with Crippen molar-refractivity contribution in [3.8, 4) is 0 Å². The monoisotopic (exact) mass is 553 g/mol. The van der Waals surface area contributed by atoms with Crippen LogP contribution in [-0.4, -0.2) is 86.5 Å². The number of rotatable bonds is 23. The predicted molar refractivity (Wildman–Crippen MR) is 151 cm³/mol. The Labute approximate surface area is 228 Å². The number of nitrogens with zero attached hydrogens (tertiary/aromatic N) is 2. The second-order valence-electron chi connectivity index (χ2n) is 10.9. The van der Waals surface area contributed by atoms with Gasteiger partial charge >= 0.3 is 6.03 Å². The lowest BCUT2D eigenvalue weighted by Gasteiger charge is -2.25. The minimum Gasteiger partial charge on any atom is -0.756 e. The maximum atomic E-state index is 11.6. The Bertz CT molecular complexity index is 555. The maximum absolute atomic E-state index is 11.6. The molecule has 0 aromatic heterocycles. The van der Waals surface area contributed by atoms with Gasteiger partial charge in [-0.15, -0.1) is 0 Å². The molecule has 0 aliphatic rings. The van der Waals surface area contributed by atoms with E-state index in [0.717, 1.165) is 13.0 Å². The number of likely N-dealkylation sites (N-methyl/N-ethyl adjacent to an activating group) is 1. The summed E-state index contributed by atoms with van der Waals surface area (Å²) < 4.78 is 14.8. The second kappa shape index (κ2) is 25.6. The van der Waals surface area contributed by atoms with Gasteiger partial charge in [-0.3, -0.25) is 4.57 Å². The summed E-state index contributed by atoms with van der Waals surface area (Å²) >= 11 is 0. The van der Waals surface area contributed by atoms with Gasteiger partial charge in [0, 0.05) is 20.1 Å². The number of urea groups is 1. The molecule has 1 atom stereocenters. The molecule has 0 radical (unpaired) electrons. The van der Waals surface area contributed by atoms with Gasteiger partial charge < -0.3 is 34.1 Å². The Morgan fingerprint density at radius 1 is 0.838 bits per heavy atom. The van der Waals surface area contributed by atoms with Crippen LogP contribution in [-0.2, 0) is 9.09 Å². The Morgan fingerprint density at radius 3 is 1.57 bits per heavy atom. The first kappa shape index (κ1) is 38.4. The third-order valence-electron chi connectivity index (χ3n) is 6.17. The van der Waals surface area contributed by atoms with Crippen molar-refractivity contribution < 1.29 is 33.3 Å². The fourth-order valence-corrected chi connectivity index (χ4v) is 4.19. The molecule has 37 heavy (non-hydrogen) atoms. The molecule has 0 aliphatic heterocycles. The van der Waals surface area contributed by atoms with Crippen LogP contribution in [0.5, 0.6) is 0 Å². The summed E-state index contributed by atoms with van der Waals surface area (Å²) in [5, 5.41) is 11.6. The Balaban J connectivity index is 0. The third kappa shape index (κ3) is 33.3. The standard InChI is InChI=1S/C22H46N2O2.C5H14NO4P/c1-3-4-5-6-7-8-9-10-11-12-13-14-15-16-17-18-19-24(20-21-25)22(26)23-2;1-6(2,3)4-5-10-11(7,8)9/h25H,3-21H2,1-2H3,(H,23,26);4-5H2,1-3H3,(H-,7,8,9). The Kier molecular flexibility index (Phi) is 26.6. The zero-order valence-electron chi connectivity index (χ0n) is 24.7. The Morgan fingerprint density at radius 2 is 1.24 bits per heavy atom. The van der Waals surface area contributed by atoms with Crippen LogP contribution in [0.4, 0.5) is 4.79 Å². The molecule has 0 spiro atoms. The molecule has 224 valence electrons. The molecule has 0 heterocycles. The van der Waals surface area contributed by atoms with Crippen molar-refractivity contribution in [2.75, 3.05) is 61.0 Å². The summed E-state index contributed by atoms with van der Waals surface area (Å²) in [4.78, 5) is 31.6. The van der Waals surface area contributed by atoms with Crippen molar-refractivity contribution in [2.45, 2.75) is 110 Å². The lowest BCUT2D eigenvalue weighted by Crippen LogP contribution is -2.40. The highest BCUT2D eigenvalue weighted by atomic mass is 31.2. The molecule has 0 bridgehead atoms. The Hall–Kier alpha value is -0.700. The first-order chi connectivity index (χ1) is 17.5. The van der Waals surface area contributed by atoms with E-state index in [2.05, 4.69) is 16.8 Å². The van der Waals surface area contributed by atoms with Gasteiger partial charge in [0.15, 0.2) is 0 Å². The van der Waals surface area contributed by atoms with Gasteiger partial charge in [-0.25, -0.2) is 4.79 Å². The van der Waals surface area contributed by atoms with Crippen LogP contribution in [0, 0.1) is 0 Å². The first-order valence-electron chi connectivity index (χ1n) is 14.5. The second-order valence-corrected chi connectivity index (χ2v) is 12.1. The number of quaternary nitrogens is 1. The fraction of sp³-hybridized carbons (Fsp3) is 0.963. The van der Waals surface area contributed by atoms with E-state index in [1.165, 1.54) is 96.3 Å². The normalized spacial score (nSPS) is 13.0. The molecule has 0 aromatic rings. The van der Waals surface area contributed by atoms with Gasteiger partial charge in [-0.1, -0.05) is 103 Å². The molecule has 0 saturated heterocycles. The van der Waals surface area contributed by atoms with Crippen molar-refractivity contribution in [2.24, 2.45) is 0 Å². The number of carbonyl (C=O) groups is 1. The van der Waals surface area contributed by atoms with E-state index in [0.29, 0.717) is 17.6 Å². The van der Waals surface area contributed by atoms with Gasteiger partial charge in [-0.05, 0) is 6.42 Å².